The third-order valence-electron chi connectivity index (χ3n) is 7.68. The van der Waals surface area contributed by atoms with Crippen molar-refractivity contribution >= 4 is 23.6 Å². The third-order valence-corrected chi connectivity index (χ3v) is 7.68. The first kappa shape index (κ1) is 25.8. The highest BCUT2D eigenvalue weighted by Crippen LogP contribution is 2.40. The molecule has 6 rings (SSSR count). The summed E-state index contributed by atoms with van der Waals surface area (Å²) in [4.78, 5) is 39.8. The van der Waals surface area contributed by atoms with Gasteiger partial charge in [-0.2, -0.15) is 5.26 Å². The van der Waals surface area contributed by atoms with Crippen molar-refractivity contribution in [3.8, 4) is 17.2 Å². The summed E-state index contributed by atoms with van der Waals surface area (Å²) in [5.41, 5.74) is 4.16. The number of piperidine rings is 2. The zero-order chi connectivity index (χ0) is 27.0. The van der Waals surface area contributed by atoms with Crippen LogP contribution in [0, 0.1) is 17.2 Å². The van der Waals surface area contributed by atoms with Gasteiger partial charge in [-0.3, -0.25) is 14.5 Å². The van der Waals surface area contributed by atoms with E-state index in [2.05, 4.69) is 16.7 Å². The predicted octanol–water partition coefficient (Wildman–Crippen LogP) is 4.58. The van der Waals surface area contributed by atoms with E-state index in [1.807, 2.05) is 63.2 Å². The van der Waals surface area contributed by atoms with Crippen LogP contribution in [0.5, 0.6) is 0 Å². The topological polar surface area (TPSA) is 112 Å². The molecule has 2 aromatic rings. The SMILES string of the molecule is CC(C)(C)OC(=O)N1C2CCC(CC2)[C@H]1C(=O)N[C@H](C#N)Cc1ccc(-c2ccc3c(c2)CC(=O)N3)cc1. The van der Waals surface area contributed by atoms with E-state index < -0.39 is 23.8 Å². The summed E-state index contributed by atoms with van der Waals surface area (Å²) >= 11 is 0. The van der Waals surface area contributed by atoms with Gasteiger partial charge < -0.3 is 15.4 Å². The van der Waals surface area contributed by atoms with Gasteiger partial charge in [0.25, 0.3) is 0 Å². The molecule has 1 saturated carbocycles. The monoisotopic (exact) mass is 514 g/mol. The minimum Gasteiger partial charge on any atom is -0.444 e. The number of hydrogen-bond acceptors (Lipinski definition) is 5. The summed E-state index contributed by atoms with van der Waals surface area (Å²) < 4.78 is 5.64. The van der Waals surface area contributed by atoms with E-state index in [0.29, 0.717) is 12.8 Å². The average Bonchev–Trinajstić information content (AvgIpc) is 3.27. The number of benzene rings is 2. The Balaban J connectivity index is 1.25. The number of nitriles is 1. The van der Waals surface area contributed by atoms with Crippen LogP contribution in [0.15, 0.2) is 42.5 Å². The molecule has 8 nitrogen and oxygen atoms in total. The molecule has 3 heterocycles. The molecule has 2 bridgehead atoms. The lowest BCUT2D eigenvalue weighted by Crippen LogP contribution is -2.64. The number of nitrogens with one attached hydrogen (secondary N) is 2. The molecule has 3 fully saturated rings. The standard InChI is InChI=1S/C30H34N4O4/c1-30(2,3)38-29(37)34-24-11-8-20(9-12-24)27(34)28(36)32-23(17-31)14-18-4-6-19(7-5-18)21-10-13-25-22(15-21)16-26(35)33-25/h4-7,10,13,15,20,23-24,27H,8-9,11-12,14,16H2,1-3H3,(H,32,36)(H,33,35)/t20?,23-,24?,27-/m0/s1. The lowest BCUT2D eigenvalue weighted by molar-refractivity contribution is -0.135. The Labute approximate surface area is 223 Å². The molecule has 0 radical (unpaired) electrons. The molecule has 2 aromatic carbocycles. The molecule has 2 saturated heterocycles. The number of carbonyl (C=O) groups excluding carboxylic acids is 3. The second-order valence-corrected chi connectivity index (χ2v) is 11.6. The molecule has 0 aromatic heterocycles. The molecule has 3 aliphatic heterocycles. The minimum absolute atomic E-state index is 0.00682. The van der Waals surface area contributed by atoms with Crippen LogP contribution in [0.1, 0.15) is 57.6 Å². The molecule has 198 valence electrons. The van der Waals surface area contributed by atoms with Gasteiger partial charge in [-0.1, -0.05) is 30.3 Å². The van der Waals surface area contributed by atoms with Crippen LogP contribution >= 0.6 is 0 Å². The largest absolute Gasteiger partial charge is 0.444 e. The Morgan fingerprint density at radius 2 is 1.79 bits per heavy atom. The zero-order valence-corrected chi connectivity index (χ0v) is 22.1. The molecule has 4 aliphatic rings. The summed E-state index contributed by atoms with van der Waals surface area (Å²) in [6.07, 6.45) is 3.83. The van der Waals surface area contributed by atoms with E-state index in [-0.39, 0.29) is 23.8 Å². The fourth-order valence-corrected chi connectivity index (χ4v) is 5.93. The van der Waals surface area contributed by atoms with Gasteiger partial charge in [-0.15, -0.1) is 0 Å². The van der Waals surface area contributed by atoms with E-state index in [1.165, 1.54) is 0 Å². The molecule has 3 amide bonds. The van der Waals surface area contributed by atoms with E-state index in [1.54, 1.807) is 4.90 Å². The van der Waals surface area contributed by atoms with Crippen molar-refractivity contribution in [3.05, 3.63) is 53.6 Å². The predicted molar refractivity (Wildman–Crippen MR) is 143 cm³/mol. The van der Waals surface area contributed by atoms with Gasteiger partial charge in [0, 0.05) is 18.2 Å². The summed E-state index contributed by atoms with van der Waals surface area (Å²) in [5, 5.41) is 15.6. The minimum atomic E-state index is -0.716. The molecule has 0 unspecified atom stereocenters. The van der Waals surface area contributed by atoms with E-state index >= 15 is 0 Å². The second kappa shape index (κ2) is 10.1. The summed E-state index contributed by atoms with van der Waals surface area (Å²) in [6, 6.07) is 14.7. The quantitative estimate of drug-likeness (QED) is 0.607. The first-order valence-electron chi connectivity index (χ1n) is 13.3. The highest BCUT2D eigenvalue weighted by atomic mass is 16.6. The van der Waals surface area contributed by atoms with Crippen LogP contribution in [0.2, 0.25) is 0 Å². The van der Waals surface area contributed by atoms with Crippen molar-refractivity contribution in [2.45, 2.75) is 83.0 Å². The number of amides is 3. The van der Waals surface area contributed by atoms with Gasteiger partial charge in [0.2, 0.25) is 11.8 Å². The van der Waals surface area contributed by atoms with Crippen molar-refractivity contribution in [3.63, 3.8) is 0 Å². The number of rotatable bonds is 5. The Kier molecular flexibility index (Phi) is 6.87. The van der Waals surface area contributed by atoms with E-state index in [4.69, 9.17) is 4.74 Å². The van der Waals surface area contributed by atoms with Crippen LogP contribution in [0.4, 0.5) is 10.5 Å². The van der Waals surface area contributed by atoms with Gasteiger partial charge in [0.1, 0.15) is 17.7 Å². The number of nitrogens with zero attached hydrogens (tertiary/aromatic N) is 2. The van der Waals surface area contributed by atoms with Gasteiger partial charge in [0.15, 0.2) is 0 Å². The lowest BCUT2D eigenvalue weighted by atomic mass is 9.74. The van der Waals surface area contributed by atoms with E-state index in [9.17, 15) is 19.6 Å². The maximum absolute atomic E-state index is 13.4. The fourth-order valence-electron chi connectivity index (χ4n) is 5.93. The Bertz CT molecular complexity index is 1280. The number of carbonyl (C=O) groups is 3. The van der Waals surface area contributed by atoms with Gasteiger partial charge in [-0.05, 0) is 86.8 Å². The van der Waals surface area contributed by atoms with Crippen molar-refractivity contribution in [2.75, 3.05) is 5.32 Å². The van der Waals surface area contributed by atoms with Crippen LogP contribution in [-0.2, 0) is 27.2 Å². The van der Waals surface area contributed by atoms with Gasteiger partial charge in [0.05, 0.1) is 12.5 Å². The normalized spacial score (nSPS) is 22.7. The van der Waals surface area contributed by atoms with Gasteiger partial charge >= 0.3 is 6.09 Å². The average molecular weight is 515 g/mol. The third kappa shape index (κ3) is 5.38. The smallest absolute Gasteiger partial charge is 0.411 e. The number of hydrogen-bond donors (Lipinski definition) is 2. The highest BCUT2D eigenvalue weighted by molar-refractivity contribution is 5.99. The zero-order valence-electron chi connectivity index (χ0n) is 22.1. The Morgan fingerprint density at radius 3 is 2.45 bits per heavy atom. The van der Waals surface area contributed by atoms with Crippen LogP contribution in [0.3, 0.4) is 0 Å². The lowest BCUT2D eigenvalue weighted by Gasteiger charge is -2.50. The first-order valence-corrected chi connectivity index (χ1v) is 13.3. The van der Waals surface area contributed by atoms with E-state index in [0.717, 1.165) is 53.6 Å². The maximum atomic E-state index is 13.4. The number of ether oxygens (including phenoxy) is 1. The summed E-state index contributed by atoms with van der Waals surface area (Å²) in [7, 11) is 0. The molecule has 1 aliphatic carbocycles. The summed E-state index contributed by atoms with van der Waals surface area (Å²) in [5.74, 6) is -0.203. The first-order chi connectivity index (χ1) is 18.1. The molecular formula is C30H34N4O4. The van der Waals surface area contributed by atoms with Crippen molar-refractivity contribution < 1.29 is 19.1 Å². The molecule has 38 heavy (non-hydrogen) atoms. The Hall–Kier alpha value is -3.86. The molecular weight excluding hydrogens is 480 g/mol. The number of anilines is 1. The summed E-state index contributed by atoms with van der Waals surface area (Å²) in [6.45, 7) is 5.46. The second-order valence-electron chi connectivity index (χ2n) is 11.6. The van der Waals surface area contributed by atoms with Crippen LogP contribution < -0.4 is 10.6 Å². The Morgan fingerprint density at radius 1 is 1.11 bits per heavy atom. The fraction of sp³-hybridized carbons (Fsp3) is 0.467. The molecule has 8 heteroatoms. The van der Waals surface area contributed by atoms with Crippen LogP contribution in [0.25, 0.3) is 11.1 Å². The van der Waals surface area contributed by atoms with Crippen LogP contribution in [-0.4, -0.2) is 46.5 Å². The molecule has 2 N–H and O–H groups in total. The number of fused-ring (bicyclic) bond motifs is 4. The van der Waals surface area contributed by atoms with Crippen molar-refractivity contribution in [1.82, 2.24) is 10.2 Å². The molecule has 0 spiro atoms. The maximum Gasteiger partial charge on any atom is 0.411 e. The highest BCUT2D eigenvalue weighted by Gasteiger charge is 2.49. The molecule has 2 atom stereocenters. The van der Waals surface area contributed by atoms with Crippen molar-refractivity contribution in [1.29, 1.82) is 5.26 Å². The van der Waals surface area contributed by atoms with Gasteiger partial charge in [-0.25, -0.2) is 4.79 Å². The van der Waals surface area contributed by atoms with Crippen molar-refractivity contribution in [2.24, 2.45) is 5.92 Å².